The first kappa shape index (κ1) is 14.0. The highest BCUT2D eigenvalue weighted by Gasteiger charge is 2.18. The molecule has 2 heterocycles. The van der Waals surface area contributed by atoms with Crippen LogP contribution in [0.5, 0.6) is 0 Å². The number of hydrogen-bond acceptors (Lipinski definition) is 6. The molecular formula is C13H24N6. The van der Waals surface area contributed by atoms with Crippen LogP contribution in [0.15, 0.2) is 6.20 Å². The molecule has 0 amide bonds. The van der Waals surface area contributed by atoms with Gasteiger partial charge in [0.05, 0.1) is 6.20 Å². The van der Waals surface area contributed by atoms with Gasteiger partial charge in [0.15, 0.2) is 5.82 Å². The maximum absolute atomic E-state index is 4.54. The van der Waals surface area contributed by atoms with Crippen LogP contribution in [0.2, 0.25) is 0 Å². The van der Waals surface area contributed by atoms with Gasteiger partial charge in [-0.15, -0.1) is 5.10 Å². The Balaban J connectivity index is 1.91. The predicted molar refractivity (Wildman–Crippen MR) is 77.6 cm³/mol. The van der Waals surface area contributed by atoms with Crippen molar-refractivity contribution in [3.8, 4) is 0 Å². The third kappa shape index (κ3) is 4.02. The van der Waals surface area contributed by atoms with Crippen LogP contribution in [0, 0.1) is 0 Å². The minimum Gasteiger partial charge on any atom is -0.369 e. The lowest BCUT2D eigenvalue weighted by molar-refractivity contribution is 0.269. The molecule has 1 aliphatic heterocycles. The summed E-state index contributed by atoms with van der Waals surface area (Å²) in [7, 11) is 0. The molecule has 106 valence electrons. The van der Waals surface area contributed by atoms with E-state index in [4.69, 9.17) is 0 Å². The number of hydrogen-bond donors (Lipinski definition) is 1. The van der Waals surface area contributed by atoms with Gasteiger partial charge in [0.25, 0.3) is 0 Å². The van der Waals surface area contributed by atoms with Gasteiger partial charge in [0.1, 0.15) is 0 Å². The van der Waals surface area contributed by atoms with E-state index < -0.39 is 0 Å². The molecule has 19 heavy (non-hydrogen) atoms. The third-order valence-corrected chi connectivity index (χ3v) is 3.49. The minimum atomic E-state index is 0.747. The second kappa shape index (κ2) is 7.23. The molecule has 0 bridgehead atoms. The molecule has 0 aromatic carbocycles. The maximum Gasteiger partial charge on any atom is 0.247 e. The number of unbranched alkanes of at least 4 members (excludes halogenated alkanes) is 1. The fraction of sp³-hybridized carbons (Fsp3) is 0.769. The summed E-state index contributed by atoms with van der Waals surface area (Å²) in [6, 6.07) is 0. The van der Waals surface area contributed by atoms with Gasteiger partial charge in [-0.2, -0.15) is 10.1 Å². The molecule has 2 rings (SSSR count). The van der Waals surface area contributed by atoms with Crippen LogP contribution in [0.3, 0.4) is 0 Å². The lowest BCUT2D eigenvalue weighted by Crippen LogP contribution is -2.46. The summed E-state index contributed by atoms with van der Waals surface area (Å²) in [5.74, 6) is 1.58. The monoisotopic (exact) mass is 264 g/mol. The molecule has 0 spiro atoms. The SMILES string of the molecule is CCCCNc1cnnc(N2CCN(CC)CC2)n1. The first-order chi connectivity index (χ1) is 9.33. The second-order valence-electron chi connectivity index (χ2n) is 4.84. The number of nitrogens with zero attached hydrogens (tertiary/aromatic N) is 5. The molecule has 0 aliphatic carbocycles. The molecule has 1 saturated heterocycles. The van der Waals surface area contributed by atoms with E-state index in [9.17, 15) is 0 Å². The summed E-state index contributed by atoms with van der Waals surface area (Å²) in [6.45, 7) is 10.6. The molecule has 1 aromatic heterocycles. The molecule has 6 heteroatoms. The number of aromatic nitrogens is 3. The average molecular weight is 264 g/mol. The summed E-state index contributed by atoms with van der Waals surface area (Å²) in [6.07, 6.45) is 4.02. The van der Waals surface area contributed by atoms with Crippen LogP contribution in [0.4, 0.5) is 11.8 Å². The lowest BCUT2D eigenvalue weighted by Gasteiger charge is -2.33. The van der Waals surface area contributed by atoms with Crippen LogP contribution >= 0.6 is 0 Å². The number of likely N-dealkylation sites (N-methyl/N-ethyl adjacent to an activating group) is 1. The molecule has 0 unspecified atom stereocenters. The Kier molecular flexibility index (Phi) is 5.32. The summed E-state index contributed by atoms with van der Waals surface area (Å²) >= 11 is 0. The van der Waals surface area contributed by atoms with E-state index >= 15 is 0 Å². The van der Waals surface area contributed by atoms with E-state index in [1.54, 1.807) is 6.20 Å². The molecule has 1 fully saturated rings. The van der Waals surface area contributed by atoms with Crippen molar-refractivity contribution in [3.05, 3.63) is 6.20 Å². The molecule has 1 aromatic rings. The normalized spacial score (nSPS) is 16.6. The van der Waals surface area contributed by atoms with Crippen LogP contribution in [-0.4, -0.2) is 59.3 Å². The van der Waals surface area contributed by atoms with E-state index in [0.29, 0.717) is 0 Å². The Bertz CT molecular complexity index is 375. The Morgan fingerprint density at radius 2 is 2.00 bits per heavy atom. The van der Waals surface area contributed by atoms with E-state index in [0.717, 1.165) is 57.5 Å². The van der Waals surface area contributed by atoms with Crippen molar-refractivity contribution in [2.24, 2.45) is 0 Å². The Morgan fingerprint density at radius 1 is 1.21 bits per heavy atom. The predicted octanol–water partition coefficient (Wildman–Crippen LogP) is 1.23. The van der Waals surface area contributed by atoms with Crippen LogP contribution in [-0.2, 0) is 0 Å². The fourth-order valence-electron chi connectivity index (χ4n) is 2.17. The van der Waals surface area contributed by atoms with Crippen molar-refractivity contribution >= 4 is 11.8 Å². The van der Waals surface area contributed by atoms with Crippen LogP contribution in [0.1, 0.15) is 26.7 Å². The number of anilines is 2. The van der Waals surface area contributed by atoms with Gasteiger partial charge in [0.2, 0.25) is 5.95 Å². The van der Waals surface area contributed by atoms with Crippen molar-refractivity contribution in [1.29, 1.82) is 0 Å². The van der Waals surface area contributed by atoms with Crippen molar-refractivity contribution in [2.45, 2.75) is 26.7 Å². The smallest absolute Gasteiger partial charge is 0.247 e. The minimum absolute atomic E-state index is 0.747. The van der Waals surface area contributed by atoms with Crippen molar-refractivity contribution in [2.75, 3.05) is 49.5 Å². The standard InChI is InChI=1S/C13H24N6/c1-3-5-6-14-12-11-15-17-13(16-12)19-9-7-18(4-2)8-10-19/h11H,3-10H2,1-2H3,(H,14,16,17). The van der Waals surface area contributed by atoms with E-state index in [2.05, 4.69) is 44.1 Å². The zero-order valence-corrected chi connectivity index (χ0v) is 12.0. The quantitative estimate of drug-likeness (QED) is 0.780. The summed E-state index contributed by atoms with van der Waals surface area (Å²) in [5.41, 5.74) is 0. The number of rotatable bonds is 6. The fourth-order valence-corrected chi connectivity index (χ4v) is 2.17. The van der Waals surface area contributed by atoms with Crippen molar-refractivity contribution in [3.63, 3.8) is 0 Å². The molecule has 1 aliphatic rings. The zero-order valence-electron chi connectivity index (χ0n) is 12.0. The van der Waals surface area contributed by atoms with Gasteiger partial charge >= 0.3 is 0 Å². The number of nitrogens with one attached hydrogen (secondary N) is 1. The number of piperazine rings is 1. The molecule has 0 atom stereocenters. The maximum atomic E-state index is 4.54. The van der Waals surface area contributed by atoms with Gasteiger partial charge in [0, 0.05) is 32.7 Å². The highest BCUT2D eigenvalue weighted by atomic mass is 15.4. The van der Waals surface area contributed by atoms with Crippen LogP contribution < -0.4 is 10.2 Å². The molecule has 0 radical (unpaired) electrons. The van der Waals surface area contributed by atoms with Gasteiger partial charge < -0.3 is 15.1 Å². The summed E-state index contributed by atoms with van der Waals surface area (Å²) < 4.78 is 0. The lowest BCUT2D eigenvalue weighted by atomic mass is 10.3. The Labute approximate surface area is 115 Å². The van der Waals surface area contributed by atoms with Crippen LogP contribution in [0.25, 0.3) is 0 Å². The zero-order chi connectivity index (χ0) is 13.5. The topological polar surface area (TPSA) is 57.2 Å². The molecule has 1 N–H and O–H groups in total. The Morgan fingerprint density at radius 3 is 2.68 bits per heavy atom. The van der Waals surface area contributed by atoms with Crippen molar-refractivity contribution < 1.29 is 0 Å². The third-order valence-electron chi connectivity index (χ3n) is 3.49. The van der Waals surface area contributed by atoms with Crippen molar-refractivity contribution in [1.82, 2.24) is 20.1 Å². The first-order valence-corrected chi connectivity index (χ1v) is 7.24. The molecule has 0 saturated carbocycles. The van der Waals surface area contributed by atoms with E-state index in [-0.39, 0.29) is 0 Å². The second-order valence-corrected chi connectivity index (χ2v) is 4.84. The molecular weight excluding hydrogens is 240 g/mol. The highest BCUT2D eigenvalue weighted by Crippen LogP contribution is 2.12. The highest BCUT2D eigenvalue weighted by molar-refractivity contribution is 5.39. The Hall–Kier alpha value is -1.43. The first-order valence-electron chi connectivity index (χ1n) is 7.24. The average Bonchev–Trinajstić information content (AvgIpc) is 2.48. The van der Waals surface area contributed by atoms with Gasteiger partial charge in [-0.3, -0.25) is 0 Å². The largest absolute Gasteiger partial charge is 0.369 e. The van der Waals surface area contributed by atoms with Gasteiger partial charge in [-0.1, -0.05) is 20.3 Å². The van der Waals surface area contributed by atoms with Gasteiger partial charge in [-0.25, -0.2) is 0 Å². The molecule has 6 nitrogen and oxygen atoms in total. The van der Waals surface area contributed by atoms with E-state index in [1.165, 1.54) is 6.42 Å². The van der Waals surface area contributed by atoms with E-state index in [1.807, 2.05) is 0 Å². The summed E-state index contributed by atoms with van der Waals surface area (Å²) in [4.78, 5) is 9.19. The summed E-state index contributed by atoms with van der Waals surface area (Å²) in [5, 5.41) is 11.5. The van der Waals surface area contributed by atoms with Gasteiger partial charge in [-0.05, 0) is 13.0 Å².